The maximum atomic E-state index is 11.8. The zero-order valence-electron chi connectivity index (χ0n) is 11.6. The molecular weight excluding hydrogens is 238 g/mol. The summed E-state index contributed by atoms with van der Waals surface area (Å²) in [5.41, 5.74) is 1.22. The van der Waals surface area contributed by atoms with E-state index in [-0.39, 0.29) is 6.03 Å². The monoisotopic (exact) mass is 261 g/mol. The summed E-state index contributed by atoms with van der Waals surface area (Å²) in [5, 5.41) is 2.99. The van der Waals surface area contributed by atoms with Gasteiger partial charge < -0.3 is 15.1 Å². The molecule has 2 rings (SSSR count). The van der Waals surface area contributed by atoms with Crippen molar-refractivity contribution in [3.05, 3.63) is 30.3 Å². The molecule has 2 amide bonds. The molecule has 1 saturated heterocycles. The lowest BCUT2D eigenvalue weighted by Crippen LogP contribution is -2.39. The van der Waals surface area contributed by atoms with E-state index >= 15 is 0 Å². The molecule has 1 fully saturated rings. The van der Waals surface area contributed by atoms with E-state index in [9.17, 15) is 4.79 Å². The molecule has 0 radical (unpaired) electrons. The summed E-state index contributed by atoms with van der Waals surface area (Å²) in [7, 11) is 2.08. The Bertz CT molecular complexity index is 388. The van der Waals surface area contributed by atoms with E-state index in [2.05, 4.69) is 29.4 Å². The molecule has 1 aromatic carbocycles. The van der Waals surface area contributed by atoms with Crippen LogP contribution < -0.4 is 10.2 Å². The normalized spacial score (nSPS) is 14.5. The van der Waals surface area contributed by atoms with Gasteiger partial charge in [-0.25, -0.2) is 4.79 Å². The van der Waals surface area contributed by atoms with Crippen LogP contribution in [0.5, 0.6) is 0 Å². The van der Waals surface area contributed by atoms with Crippen LogP contribution in [0.15, 0.2) is 30.3 Å². The predicted octanol–water partition coefficient (Wildman–Crippen LogP) is 2.32. The molecular formula is C15H23N3O. The van der Waals surface area contributed by atoms with Crippen LogP contribution in [0, 0.1) is 0 Å². The van der Waals surface area contributed by atoms with Crippen LogP contribution in [0.3, 0.4) is 0 Å². The number of urea groups is 1. The third-order valence-electron chi connectivity index (χ3n) is 3.54. The molecule has 19 heavy (non-hydrogen) atoms. The van der Waals surface area contributed by atoms with Crippen molar-refractivity contribution in [2.24, 2.45) is 0 Å². The van der Waals surface area contributed by atoms with Gasteiger partial charge in [0.1, 0.15) is 0 Å². The van der Waals surface area contributed by atoms with E-state index in [4.69, 9.17) is 0 Å². The highest BCUT2D eigenvalue weighted by atomic mass is 16.2. The van der Waals surface area contributed by atoms with Gasteiger partial charge in [0.15, 0.2) is 0 Å². The summed E-state index contributed by atoms with van der Waals surface area (Å²) in [6.07, 6.45) is 3.25. The number of nitrogens with one attached hydrogen (secondary N) is 1. The standard InChI is InChI=1S/C15H23N3O/c1-17(14-8-3-2-4-9-14)11-7-10-16-15(19)18-12-5-6-13-18/h2-4,8-9H,5-7,10-13H2,1H3,(H,16,19). The molecule has 104 valence electrons. The van der Waals surface area contributed by atoms with Crippen LogP contribution in [0.25, 0.3) is 0 Å². The highest BCUT2D eigenvalue weighted by Crippen LogP contribution is 2.11. The van der Waals surface area contributed by atoms with Crippen molar-refractivity contribution in [1.82, 2.24) is 10.2 Å². The van der Waals surface area contributed by atoms with E-state index < -0.39 is 0 Å². The van der Waals surface area contributed by atoms with E-state index in [0.717, 1.165) is 45.4 Å². The molecule has 1 heterocycles. The number of likely N-dealkylation sites (tertiary alicyclic amines) is 1. The molecule has 0 spiro atoms. The molecule has 1 N–H and O–H groups in total. The zero-order chi connectivity index (χ0) is 13.5. The van der Waals surface area contributed by atoms with E-state index in [0.29, 0.717) is 0 Å². The molecule has 4 heteroatoms. The van der Waals surface area contributed by atoms with Crippen LogP contribution in [0.1, 0.15) is 19.3 Å². The number of nitrogens with zero attached hydrogens (tertiary/aromatic N) is 2. The molecule has 0 aliphatic carbocycles. The van der Waals surface area contributed by atoms with E-state index in [1.807, 2.05) is 23.1 Å². The second-order valence-electron chi connectivity index (χ2n) is 5.04. The number of para-hydroxylation sites is 1. The Morgan fingerprint density at radius 1 is 1.26 bits per heavy atom. The first-order chi connectivity index (χ1) is 9.27. The van der Waals surface area contributed by atoms with Crippen molar-refractivity contribution >= 4 is 11.7 Å². The van der Waals surface area contributed by atoms with Crippen LogP contribution in [-0.4, -0.2) is 44.2 Å². The van der Waals surface area contributed by atoms with Crippen LogP contribution in [0.4, 0.5) is 10.5 Å². The second-order valence-corrected chi connectivity index (χ2v) is 5.04. The first-order valence-electron chi connectivity index (χ1n) is 7.06. The lowest BCUT2D eigenvalue weighted by molar-refractivity contribution is 0.209. The van der Waals surface area contributed by atoms with Crippen LogP contribution in [0.2, 0.25) is 0 Å². The molecule has 0 bridgehead atoms. The Balaban J connectivity index is 1.62. The smallest absolute Gasteiger partial charge is 0.317 e. The summed E-state index contributed by atoms with van der Waals surface area (Å²) in [6.45, 7) is 3.52. The minimum atomic E-state index is 0.0971. The maximum Gasteiger partial charge on any atom is 0.317 e. The topological polar surface area (TPSA) is 35.6 Å². The van der Waals surface area contributed by atoms with Gasteiger partial charge in [-0.15, -0.1) is 0 Å². The Hall–Kier alpha value is -1.71. The average molecular weight is 261 g/mol. The van der Waals surface area contributed by atoms with Crippen molar-refractivity contribution in [3.63, 3.8) is 0 Å². The lowest BCUT2D eigenvalue weighted by Gasteiger charge is -2.20. The number of anilines is 1. The fraction of sp³-hybridized carbons (Fsp3) is 0.533. The lowest BCUT2D eigenvalue weighted by atomic mass is 10.3. The quantitative estimate of drug-likeness (QED) is 0.826. The van der Waals surface area contributed by atoms with Crippen LogP contribution in [-0.2, 0) is 0 Å². The van der Waals surface area contributed by atoms with Crippen molar-refractivity contribution in [3.8, 4) is 0 Å². The van der Waals surface area contributed by atoms with Gasteiger partial charge in [-0.2, -0.15) is 0 Å². The van der Waals surface area contributed by atoms with Gasteiger partial charge in [0.2, 0.25) is 0 Å². The number of amides is 2. The molecule has 0 unspecified atom stereocenters. The minimum absolute atomic E-state index is 0.0971. The summed E-state index contributed by atoms with van der Waals surface area (Å²) in [5.74, 6) is 0. The first kappa shape index (κ1) is 13.7. The number of rotatable bonds is 5. The van der Waals surface area contributed by atoms with E-state index in [1.165, 1.54) is 5.69 Å². The van der Waals surface area contributed by atoms with Gasteiger partial charge in [-0.1, -0.05) is 18.2 Å². The van der Waals surface area contributed by atoms with Crippen molar-refractivity contribution < 1.29 is 4.79 Å². The van der Waals surface area contributed by atoms with Gasteiger partial charge in [-0.3, -0.25) is 0 Å². The van der Waals surface area contributed by atoms with Gasteiger partial charge in [0.25, 0.3) is 0 Å². The SMILES string of the molecule is CN(CCCNC(=O)N1CCCC1)c1ccccc1. The first-order valence-corrected chi connectivity index (χ1v) is 7.06. The van der Waals surface area contributed by atoms with Gasteiger partial charge >= 0.3 is 6.03 Å². The second kappa shape index (κ2) is 7.02. The summed E-state index contributed by atoms with van der Waals surface area (Å²) < 4.78 is 0. The zero-order valence-corrected chi connectivity index (χ0v) is 11.6. The fourth-order valence-corrected chi connectivity index (χ4v) is 2.36. The highest BCUT2D eigenvalue weighted by molar-refractivity contribution is 5.74. The molecule has 0 saturated carbocycles. The molecule has 1 aliphatic heterocycles. The van der Waals surface area contributed by atoms with Crippen molar-refractivity contribution in [2.75, 3.05) is 38.1 Å². The highest BCUT2D eigenvalue weighted by Gasteiger charge is 2.16. The summed E-state index contributed by atoms with van der Waals surface area (Å²) in [4.78, 5) is 15.9. The van der Waals surface area contributed by atoms with Gasteiger partial charge in [-0.05, 0) is 31.4 Å². The number of hydrogen-bond acceptors (Lipinski definition) is 2. The minimum Gasteiger partial charge on any atom is -0.375 e. The Morgan fingerprint density at radius 2 is 1.95 bits per heavy atom. The Kier molecular flexibility index (Phi) is 5.07. The van der Waals surface area contributed by atoms with Gasteiger partial charge in [0, 0.05) is 38.9 Å². The molecule has 0 aromatic heterocycles. The number of benzene rings is 1. The Labute approximate surface area is 115 Å². The number of hydrogen-bond donors (Lipinski definition) is 1. The van der Waals surface area contributed by atoms with Crippen LogP contribution >= 0.6 is 0 Å². The maximum absolute atomic E-state index is 11.8. The average Bonchev–Trinajstić information content (AvgIpc) is 2.98. The summed E-state index contributed by atoms with van der Waals surface area (Å²) >= 11 is 0. The van der Waals surface area contributed by atoms with Gasteiger partial charge in [0.05, 0.1) is 0 Å². The number of carbonyl (C=O) groups excluding carboxylic acids is 1. The number of carbonyl (C=O) groups is 1. The fourth-order valence-electron chi connectivity index (χ4n) is 2.36. The predicted molar refractivity (Wildman–Crippen MR) is 78.5 cm³/mol. The molecule has 0 atom stereocenters. The third-order valence-corrected chi connectivity index (χ3v) is 3.54. The summed E-state index contributed by atoms with van der Waals surface area (Å²) in [6, 6.07) is 10.4. The van der Waals surface area contributed by atoms with Crippen molar-refractivity contribution in [2.45, 2.75) is 19.3 Å². The molecule has 1 aliphatic rings. The third kappa shape index (κ3) is 4.16. The molecule has 4 nitrogen and oxygen atoms in total. The largest absolute Gasteiger partial charge is 0.375 e. The molecule has 1 aromatic rings. The van der Waals surface area contributed by atoms with Crippen molar-refractivity contribution in [1.29, 1.82) is 0 Å². The van der Waals surface area contributed by atoms with E-state index in [1.54, 1.807) is 0 Å². The Morgan fingerprint density at radius 3 is 2.63 bits per heavy atom.